The molecule has 5 heteroatoms. The summed E-state index contributed by atoms with van der Waals surface area (Å²) in [5.41, 5.74) is 0. The van der Waals surface area contributed by atoms with Gasteiger partial charge in [-0.15, -0.1) is 0 Å². The quantitative estimate of drug-likeness (QED) is 0.408. The van der Waals surface area contributed by atoms with Crippen molar-refractivity contribution in [1.82, 2.24) is 0 Å². The minimum atomic E-state index is -2.54. The highest BCUT2D eigenvalue weighted by atomic mass is 28.4. The maximum absolute atomic E-state index is 11.4. The maximum atomic E-state index is 11.4. The van der Waals surface area contributed by atoms with Crippen LogP contribution in [0, 0.1) is 5.92 Å². The van der Waals surface area contributed by atoms with E-state index in [4.69, 9.17) is 13.3 Å². The summed E-state index contributed by atoms with van der Waals surface area (Å²) in [6, 6.07) is 0.761. The molecule has 0 N–H and O–H groups in total. The molecular weight excluding hydrogens is 260 g/mol. The van der Waals surface area contributed by atoms with E-state index in [0.29, 0.717) is 19.8 Å². The molecule has 0 bridgehead atoms. The second kappa shape index (κ2) is 10.3. The van der Waals surface area contributed by atoms with Gasteiger partial charge < -0.3 is 13.3 Å². The molecule has 0 amide bonds. The van der Waals surface area contributed by atoms with Gasteiger partial charge in [0.2, 0.25) is 0 Å². The average molecular weight is 288 g/mol. The fourth-order valence-electron chi connectivity index (χ4n) is 1.97. The van der Waals surface area contributed by atoms with E-state index in [0.717, 1.165) is 18.9 Å². The Hall–Kier alpha value is -0.493. The van der Waals surface area contributed by atoms with Crippen LogP contribution in [0.1, 0.15) is 40.5 Å². The first-order valence-corrected chi connectivity index (χ1v) is 9.06. The Bertz CT molecular complexity index is 251. The molecule has 0 saturated carbocycles. The van der Waals surface area contributed by atoms with Gasteiger partial charge in [0.25, 0.3) is 0 Å². The van der Waals surface area contributed by atoms with Crippen molar-refractivity contribution in [2.75, 3.05) is 19.8 Å². The molecule has 0 spiro atoms. The summed E-state index contributed by atoms with van der Waals surface area (Å²) in [6.45, 7) is 13.1. The topological polar surface area (TPSA) is 44.8 Å². The van der Waals surface area contributed by atoms with Crippen LogP contribution in [0.5, 0.6) is 0 Å². The second-order valence-electron chi connectivity index (χ2n) is 4.38. The number of allylic oxidation sites excluding steroid dienone is 1. The molecule has 0 rings (SSSR count). The standard InChI is InChI=1S/C14H28O4Si/c1-6-14(15)13(5)11-10-12-19(16-7-2,17-8-3)18-9-4/h6,13H,1,7-12H2,2-5H3. The van der Waals surface area contributed by atoms with Gasteiger partial charge in [-0.2, -0.15) is 0 Å². The molecule has 0 aliphatic rings. The number of rotatable bonds is 12. The molecule has 19 heavy (non-hydrogen) atoms. The monoisotopic (exact) mass is 288 g/mol. The first kappa shape index (κ1) is 18.5. The molecule has 0 heterocycles. The van der Waals surface area contributed by atoms with Crippen molar-refractivity contribution >= 4 is 14.6 Å². The van der Waals surface area contributed by atoms with Gasteiger partial charge in [-0.1, -0.05) is 13.5 Å². The van der Waals surface area contributed by atoms with Crippen LogP contribution in [0.15, 0.2) is 12.7 Å². The van der Waals surface area contributed by atoms with E-state index in [1.807, 2.05) is 27.7 Å². The van der Waals surface area contributed by atoms with E-state index in [-0.39, 0.29) is 11.7 Å². The van der Waals surface area contributed by atoms with Crippen LogP contribution in [0.25, 0.3) is 0 Å². The van der Waals surface area contributed by atoms with Gasteiger partial charge in [0, 0.05) is 31.8 Å². The van der Waals surface area contributed by atoms with E-state index >= 15 is 0 Å². The van der Waals surface area contributed by atoms with Crippen LogP contribution in [-0.2, 0) is 18.1 Å². The highest BCUT2D eigenvalue weighted by Crippen LogP contribution is 2.21. The largest absolute Gasteiger partial charge is 0.500 e. The molecule has 112 valence electrons. The first-order chi connectivity index (χ1) is 9.05. The van der Waals surface area contributed by atoms with Crippen LogP contribution in [0.4, 0.5) is 0 Å². The van der Waals surface area contributed by atoms with Gasteiger partial charge in [-0.05, 0) is 39.7 Å². The van der Waals surface area contributed by atoms with E-state index < -0.39 is 8.80 Å². The van der Waals surface area contributed by atoms with Crippen LogP contribution < -0.4 is 0 Å². The zero-order valence-corrected chi connectivity index (χ0v) is 13.7. The second-order valence-corrected chi connectivity index (χ2v) is 7.11. The number of ketones is 1. The van der Waals surface area contributed by atoms with Crippen molar-refractivity contribution in [3.8, 4) is 0 Å². The van der Waals surface area contributed by atoms with E-state index in [2.05, 4.69) is 6.58 Å². The van der Waals surface area contributed by atoms with Crippen molar-refractivity contribution in [3.63, 3.8) is 0 Å². The van der Waals surface area contributed by atoms with Gasteiger partial charge in [-0.3, -0.25) is 4.79 Å². The van der Waals surface area contributed by atoms with Gasteiger partial charge in [0.05, 0.1) is 0 Å². The zero-order valence-electron chi connectivity index (χ0n) is 12.7. The molecule has 4 nitrogen and oxygen atoms in total. The summed E-state index contributed by atoms with van der Waals surface area (Å²) >= 11 is 0. The number of carbonyl (C=O) groups excluding carboxylic acids is 1. The number of hydrogen-bond donors (Lipinski definition) is 0. The summed E-state index contributed by atoms with van der Waals surface area (Å²) in [7, 11) is -2.54. The lowest BCUT2D eigenvalue weighted by Gasteiger charge is -2.28. The van der Waals surface area contributed by atoms with Crippen molar-refractivity contribution in [1.29, 1.82) is 0 Å². The Kier molecular flexibility index (Phi) is 10.0. The third-order valence-electron chi connectivity index (χ3n) is 2.90. The van der Waals surface area contributed by atoms with Gasteiger partial charge >= 0.3 is 8.80 Å². The van der Waals surface area contributed by atoms with Gasteiger partial charge in [0.1, 0.15) is 0 Å². The SMILES string of the molecule is C=CC(=O)C(C)CCC[Si](OCC)(OCC)OCC. The summed E-state index contributed by atoms with van der Waals surface area (Å²) < 4.78 is 17.3. The number of carbonyl (C=O) groups is 1. The molecule has 0 aromatic rings. The van der Waals surface area contributed by atoms with Crippen LogP contribution >= 0.6 is 0 Å². The molecule has 0 radical (unpaired) electrons. The van der Waals surface area contributed by atoms with Crippen molar-refractivity contribution in [2.45, 2.75) is 46.6 Å². The highest BCUT2D eigenvalue weighted by Gasteiger charge is 2.39. The minimum Gasteiger partial charge on any atom is -0.374 e. The lowest BCUT2D eigenvalue weighted by atomic mass is 10.0. The Balaban J connectivity index is 4.38. The molecule has 1 atom stereocenters. The predicted octanol–water partition coefficient (Wildman–Crippen LogP) is 3.21. The Labute approximate surface area is 118 Å². The Morgan fingerprint density at radius 1 is 1.16 bits per heavy atom. The molecule has 0 aliphatic heterocycles. The van der Waals surface area contributed by atoms with E-state index in [9.17, 15) is 4.79 Å². The van der Waals surface area contributed by atoms with E-state index in [1.54, 1.807) is 0 Å². The molecule has 0 aliphatic carbocycles. The smallest absolute Gasteiger partial charge is 0.374 e. The van der Waals surface area contributed by atoms with Crippen molar-refractivity contribution in [2.24, 2.45) is 5.92 Å². The third-order valence-corrected chi connectivity index (χ3v) is 6.05. The maximum Gasteiger partial charge on any atom is 0.500 e. The van der Waals surface area contributed by atoms with Gasteiger partial charge in [-0.25, -0.2) is 0 Å². The Morgan fingerprint density at radius 2 is 1.63 bits per heavy atom. The molecule has 0 saturated heterocycles. The molecular formula is C14H28O4Si. The molecule has 0 aromatic heterocycles. The fourth-order valence-corrected chi connectivity index (χ4v) is 4.61. The lowest BCUT2D eigenvalue weighted by Crippen LogP contribution is -2.46. The third kappa shape index (κ3) is 7.01. The predicted molar refractivity (Wildman–Crippen MR) is 79.0 cm³/mol. The molecule has 1 unspecified atom stereocenters. The summed E-state index contributed by atoms with van der Waals surface area (Å²) in [6.07, 6.45) is 3.07. The molecule has 0 fully saturated rings. The minimum absolute atomic E-state index is 0.00841. The fraction of sp³-hybridized carbons (Fsp3) is 0.786. The van der Waals surface area contributed by atoms with Crippen molar-refractivity contribution in [3.05, 3.63) is 12.7 Å². The highest BCUT2D eigenvalue weighted by molar-refractivity contribution is 6.60. The number of hydrogen-bond acceptors (Lipinski definition) is 4. The first-order valence-electron chi connectivity index (χ1n) is 7.13. The summed E-state index contributed by atoms with van der Waals surface area (Å²) in [5.74, 6) is 0.102. The van der Waals surface area contributed by atoms with Crippen molar-refractivity contribution < 1.29 is 18.1 Å². The van der Waals surface area contributed by atoms with Crippen LogP contribution in [0.2, 0.25) is 6.04 Å². The van der Waals surface area contributed by atoms with Gasteiger partial charge in [0.15, 0.2) is 5.78 Å². The Morgan fingerprint density at radius 3 is 2.00 bits per heavy atom. The lowest BCUT2D eigenvalue weighted by molar-refractivity contribution is -0.117. The molecule has 0 aromatic carbocycles. The summed E-state index contributed by atoms with van der Waals surface area (Å²) in [4.78, 5) is 11.4. The van der Waals surface area contributed by atoms with Crippen LogP contribution in [-0.4, -0.2) is 34.4 Å². The van der Waals surface area contributed by atoms with Crippen LogP contribution in [0.3, 0.4) is 0 Å². The zero-order chi connectivity index (χ0) is 14.7. The summed E-state index contributed by atoms with van der Waals surface area (Å²) in [5, 5.41) is 0. The van der Waals surface area contributed by atoms with E-state index in [1.165, 1.54) is 6.08 Å². The average Bonchev–Trinajstić information content (AvgIpc) is 2.38. The normalized spacial score (nSPS) is 13.3.